The Morgan fingerprint density at radius 2 is 1.95 bits per heavy atom. The highest BCUT2D eigenvalue weighted by Crippen LogP contribution is 2.32. The number of nitrogens with zero attached hydrogens (tertiary/aromatic N) is 7. The van der Waals surface area contributed by atoms with Gasteiger partial charge in [-0.1, -0.05) is 0 Å². The third-order valence-corrected chi connectivity index (χ3v) is 7.22. The maximum Gasteiger partial charge on any atom is 0.249 e. The van der Waals surface area contributed by atoms with Crippen molar-refractivity contribution in [3.63, 3.8) is 0 Å². The first-order valence-corrected chi connectivity index (χ1v) is 12.6. The number of aryl methyl sites for hydroxylation is 1. The summed E-state index contributed by atoms with van der Waals surface area (Å²) >= 11 is 0. The Bertz CT molecular complexity index is 1470. The molecule has 0 spiro atoms. The van der Waals surface area contributed by atoms with Gasteiger partial charge in [-0.2, -0.15) is 15.5 Å². The number of aromatic nitrogens is 5. The number of hydrogen-bond acceptors (Lipinski definition) is 7. The van der Waals surface area contributed by atoms with E-state index in [1.54, 1.807) is 15.4 Å². The van der Waals surface area contributed by atoms with Crippen LogP contribution in [0, 0.1) is 11.3 Å². The van der Waals surface area contributed by atoms with Crippen molar-refractivity contribution in [1.82, 2.24) is 29.7 Å². The molecule has 1 atom stereocenters. The third-order valence-electron chi connectivity index (χ3n) is 7.22. The van der Waals surface area contributed by atoms with Crippen molar-refractivity contribution < 1.29 is 9.53 Å². The average Bonchev–Trinajstić information content (AvgIpc) is 3.70. The van der Waals surface area contributed by atoms with Crippen LogP contribution in [0.4, 0.5) is 5.82 Å². The van der Waals surface area contributed by atoms with Gasteiger partial charge in [0.2, 0.25) is 5.91 Å². The van der Waals surface area contributed by atoms with Crippen molar-refractivity contribution in [2.75, 3.05) is 24.6 Å². The van der Waals surface area contributed by atoms with Crippen LogP contribution >= 0.6 is 0 Å². The molecule has 10 heteroatoms. The van der Waals surface area contributed by atoms with Crippen molar-refractivity contribution in [1.29, 1.82) is 5.26 Å². The SMILES string of the molecule is Cn1cc(-c2cc(-c3ccc(N4CCC(NC(=O)[C@@H]5CCCO5)CC4)nc3)c3c(C#N)cnn3c2)cn1. The minimum absolute atomic E-state index is 0.0230. The number of ether oxygens (including phenoxy) is 1. The molecule has 10 nitrogen and oxygen atoms in total. The fourth-order valence-electron chi connectivity index (χ4n) is 5.22. The molecule has 0 aromatic carbocycles. The van der Waals surface area contributed by atoms with Crippen LogP contribution in [0.1, 0.15) is 31.2 Å². The maximum absolute atomic E-state index is 12.4. The summed E-state index contributed by atoms with van der Waals surface area (Å²) in [6, 6.07) is 8.56. The van der Waals surface area contributed by atoms with Gasteiger partial charge in [0.15, 0.2) is 0 Å². The Morgan fingerprint density at radius 1 is 1.08 bits per heavy atom. The standard InChI is InChI=1S/C27H28N8O2/c1-33-16-21(15-30-33)19-11-23(26-20(12-28)14-31-35(26)17-19)18-4-5-25(29-13-18)34-8-6-22(7-9-34)32-27(36)24-3-2-10-37-24/h4-5,11,13-17,22,24H,2-3,6-10H2,1H3,(H,32,36)/t24-/m0/s1. The van der Waals surface area contributed by atoms with Gasteiger partial charge in [0.1, 0.15) is 18.0 Å². The first-order valence-electron chi connectivity index (χ1n) is 12.6. The van der Waals surface area contributed by atoms with Crippen LogP contribution in [-0.4, -0.2) is 62.1 Å². The number of nitrogens with one attached hydrogen (secondary N) is 1. The van der Waals surface area contributed by atoms with Crippen LogP contribution in [0.25, 0.3) is 27.8 Å². The largest absolute Gasteiger partial charge is 0.368 e. The van der Waals surface area contributed by atoms with E-state index in [1.165, 1.54) is 0 Å². The summed E-state index contributed by atoms with van der Waals surface area (Å²) < 4.78 is 9.01. The summed E-state index contributed by atoms with van der Waals surface area (Å²) in [5, 5.41) is 21.5. The summed E-state index contributed by atoms with van der Waals surface area (Å²) in [6.45, 7) is 2.33. The summed E-state index contributed by atoms with van der Waals surface area (Å²) in [6.07, 6.45) is 12.4. The number of hydrogen-bond donors (Lipinski definition) is 1. The number of piperidine rings is 1. The van der Waals surface area contributed by atoms with Crippen LogP contribution in [0.5, 0.6) is 0 Å². The molecule has 0 aliphatic carbocycles. The lowest BCUT2D eigenvalue weighted by Crippen LogP contribution is -2.47. The highest BCUT2D eigenvalue weighted by Gasteiger charge is 2.27. The normalized spacial score (nSPS) is 18.3. The molecule has 4 aromatic rings. The molecule has 0 saturated carbocycles. The van der Waals surface area contributed by atoms with Crippen LogP contribution in [0.15, 0.2) is 49.2 Å². The second-order valence-corrected chi connectivity index (χ2v) is 9.69. The first-order chi connectivity index (χ1) is 18.1. The van der Waals surface area contributed by atoms with E-state index in [4.69, 9.17) is 9.72 Å². The van der Waals surface area contributed by atoms with E-state index in [-0.39, 0.29) is 18.1 Å². The van der Waals surface area contributed by atoms with E-state index in [0.29, 0.717) is 12.2 Å². The van der Waals surface area contributed by atoms with Crippen LogP contribution in [0.3, 0.4) is 0 Å². The van der Waals surface area contributed by atoms with Crippen molar-refractivity contribution in [3.8, 4) is 28.3 Å². The number of pyridine rings is 2. The van der Waals surface area contributed by atoms with Crippen molar-refractivity contribution >= 4 is 17.2 Å². The molecule has 0 radical (unpaired) electrons. The molecular weight excluding hydrogens is 468 g/mol. The van der Waals surface area contributed by atoms with E-state index in [0.717, 1.165) is 72.4 Å². The van der Waals surface area contributed by atoms with Gasteiger partial charge in [0, 0.05) is 73.6 Å². The van der Waals surface area contributed by atoms with E-state index in [9.17, 15) is 10.1 Å². The highest BCUT2D eigenvalue weighted by molar-refractivity contribution is 5.87. The Kier molecular flexibility index (Phi) is 6.06. The number of rotatable bonds is 5. The summed E-state index contributed by atoms with van der Waals surface area (Å²) in [5.41, 5.74) is 5.01. The second kappa shape index (κ2) is 9.67. The van der Waals surface area contributed by atoms with E-state index in [1.807, 2.05) is 44.0 Å². The fourth-order valence-corrected chi connectivity index (χ4v) is 5.22. The molecule has 1 N–H and O–H groups in total. The minimum Gasteiger partial charge on any atom is -0.368 e. The lowest BCUT2D eigenvalue weighted by molar-refractivity contribution is -0.130. The van der Waals surface area contributed by atoms with Gasteiger partial charge < -0.3 is 15.0 Å². The van der Waals surface area contributed by atoms with E-state index in [2.05, 4.69) is 32.5 Å². The molecule has 188 valence electrons. The number of anilines is 1. The zero-order valence-electron chi connectivity index (χ0n) is 20.7. The number of nitriles is 1. The fraction of sp³-hybridized carbons (Fsp3) is 0.370. The van der Waals surface area contributed by atoms with Crippen LogP contribution in [-0.2, 0) is 16.6 Å². The van der Waals surface area contributed by atoms with E-state index >= 15 is 0 Å². The first kappa shape index (κ1) is 23.2. The molecule has 2 aliphatic rings. The number of fused-ring (bicyclic) bond motifs is 1. The van der Waals surface area contributed by atoms with E-state index < -0.39 is 0 Å². The Hall–Kier alpha value is -4.23. The Morgan fingerprint density at radius 3 is 2.62 bits per heavy atom. The molecule has 6 heterocycles. The second-order valence-electron chi connectivity index (χ2n) is 9.69. The topological polar surface area (TPSA) is 113 Å². The van der Waals surface area contributed by atoms with Crippen molar-refractivity contribution in [3.05, 3.63) is 54.7 Å². The number of carbonyl (C=O) groups is 1. The predicted octanol–water partition coefficient (Wildman–Crippen LogP) is 2.93. The summed E-state index contributed by atoms with van der Waals surface area (Å²) in [7, 11) is 1.88. The molecule has 4 aromatic heterocycles. The Balaban J connectivity index is 1.21. The van der Waals surface area contributed by atoms with Crippen molar-refractivity contribution in [2.45, 2.75) is 37.8 Å². The molecule has 6 rings (SSSR count). The Labute approximate surface area is 214 Å². The van der Waals surface area contributed by atoms with Gasteiger partial charge in [-0.25, -0.2) is 9.50 Å². The molecule has 2 saturated heterocycles. The lowest BCUT2D eigenvalue weighted by Gasteiger charge is -2.33. The van der Waals surface area contributed by atoms with Crippen molar-refractivity contribution in [2.24, 2.45) is 7.05 Å². The van der Waals surface area contributed by atoms with Gasteiger partial charge in [0.25, 0.3) is 0 Å². The quantitative estimate of drug-likeness (QED) is 0.452. The average molecular weight is 497 g/mol. The van der Waals surface area contributed by atoms with Gasteiger partial charge in [-0.05, 0) is 43.9 Å². The predicted molar refractivity (Wildman–Crippen MR) is 138 cm³/mol. The zero-order chi connectivity index (χ0) is 25.4. The van der Waals surface area contributed by atoms with Crippen LogP contribution < -0.4 is 10.2 Å². The molecule has 37 heavy (non-hydrogen) atoms. The number of amides is 1. The monoisotopic (exact) mass is 496 g/mol. The van der Waals surface area contributed by atoms with Gasteiger partial charge in [0.05, 0.1) is 23.5 Å². The third kappa shape index (κ3) is 4.54. The molecule has 0 unspecified atom stereocenters. The van der Waals surface area contributed by atoms with Gasteiger partial charge in [-0.15, -0.1) is 0 Å². The summed E-state index contributed by atoms with van der Waals surface area (Å²) in [4.78, 5) is 19.4. The highest BCUT2D eigenvalue weighted by atomic mass is 16.5. The molecule has 2 fully saturated rings. The zero-order valence-corrected chi connectivity index (χ0v) is 20.7. The smallest absolute Gasteiger partial charge is 0.249 e. The number of carbonyl (C=O) groups excluding carboxylic acids is 1. The van der Waals surface area contributed by atoms with Gasteiger partial charge >= 0.3 is 0 Å². The van der Waals surface area contributed by atoms with Crippen LogP contribution in [0.2, 0.25) is 0 Å². The molecule has 2 aliphatic heterocycles. The summed E-state index contributed by atoms with van der Waals surface area (Å²) in [5.74, 6) is 0.927. The molecule has 0 bridgehead atoms. The maximum atomic E-state index is 12.4. The molecular formula is C27H28N8O2. The lowest BCUT2D eigenvalue weighted by atomic mass is 10.0. The minimum atomic E-state index is -0.285. The van der Waals surface area contributed by atoms with Gasteiger partial charge in [-0.3, -0.25) is 9.48 Å². The molecule has 1 amide bonds.